The summed E-state index contributed by atoms with van der Waals surface area (Å²) in [6.45, 7) is 2.42. The Morgan fingerprint density at radius 1 is 1.67 bits per heavy atom. The van der Waals surface area contributed by atoms with E-state index in [-0.39, 0.29) is 0 Å². The lowest BCUT2D eigenvalue weighted by Crippen LogP contribution is -2.08. The van der Waals surface area contributed by atoms with Crippen LogP contribution in [0.3, 0.4) is 0 Å². The van der Waals surface area contributed by atoms with Gasteiger partial charge in [-0.1, -0.05) is 36.5 Å². The topological polar surface area (TPSA) is 55.0 Å². The molecule has 0 aliphatic carbocycles. The minimum atomic E-state index is -0.804. The van der Waals surface area contributed by atoms with Crippen LogP contribution in [0, 0.1) is 0 Å². The molecule has 0 amide bonds. The van der Waals surface area contributed by atoms with Gasteiger partial charge in [-0.15, -0.1) is 0 Å². The summed E-state index contributed by atoms with van der Waals surface area (Å²) in [5.74, 6) is -0.446. The molecule has 84 valence electrons. The number of esters is 1. The Labute approximate surface area is 97.9 Å². The van der Waals surface area contributed by atoms with Gasteiger partial charge < -0.3 is 4.74 Å². The van der Waals surface area contributed by atoms with Crippen molar-refractivity contribution in [3.63, 3.8) is 0 Å². The fourth-order valence-electron chi connectivity index (χ4n) is 1.01. The van der Waals surface area contributed by atoms with E-state index >= 15 is 0 Å². The molecule has 1 aromatic rings. The molecule has 0 saturated carbocycles. The number of hydrogen-bond donors (Lipinski definition) is 1. The number of unbranched alkanes of at least 4 members (excludes halogenated alkanes) is 1. The van der Waals surface area contributed by atoms with Crippen LogP contribution in [-0.2, 0) is 4.74 Å². The van der Waals surface area contributed by atoms with Crippen LogP contribution in [0.4, 0.5) is 0 Å². The third-order valence-corrected chi connectivity index (χ3v) is 2.27. The van der Waals surface area contributed by atoms with E-state index in [4.69, 9.17) is 27.9 Å². The van der Waals surface area contributed by atoms with Crippen molar-refractivity contribution in [1.82, 2.24) is 10.2 Å². The molecule has 6 heteroatoms. The molecule has 0 fully saturated rings. The van der Waals surface area contributed by atoms with Crippen LogP contribution in [0.5, 0.6) is 0 Å². The lowest BCUT2D eigenvalue weighted by molar-refractivity contribution is 0.0499. The van der Waals surface area contributed by atoms with E-state index in [0.717, 1.165) is 12.8 Å². The highest BCUT2D eigenvalue weighted by Gasteiger charge is 2.19. The Morgan fingerprint density at radius 3 is 3.00 bits per heavy atom. The number of aromatic nitrogens is 2. The average molecular weight is 251 g/mol. The summed E-state index contributed by atoms with van der Waals surface area (Å²) in [6.07, 6.45) is 3.17. The van der Waals surface area contributed by atoms with Crippen molar-refractivity contribution in [2.75, 3.05) is 6.61 Å². The maximum Gasteiger partial charge on any atom is 0.341 e. The molecule has 1 heterocycles. The van der Waals surface area contributed by atoms with Crippen molar-refractivity contribution < 1.29 is 9.53 Å². The number of aromatic amines is 1. The van der Waals surface area contributed by atoms with E-state index in [2.05, 4.69) is 10.2 Å². The molecule has 1 N–H and O–H groups in total. The molecule has 15 heavy (non-hydrogen) atoms. The quantitative estimate of drug-likeness (QED) is 0.497. The van der Waals surface area contributed by atoms with Gasteiger partial charge in [0, 0.05) is 0 Å². The molecule has 1 rings (SSSR count). The van der Waals surface area contributed by atoms with E-state index in [1.165, 1.54) is 6.20 Å². The molecule has 1 aromatic heterocycles. The van der Waals surface area contributed by atoms with Crippen molar-refractivity contribution in [2.24, 2.45) is 0 Å². The molecule has 4 nitrogen and oxygen atoms in total. The first-order chi connectivity index (χ1) is 7.16. The Hall–Kier alpha value is -0.740. The van der Waals surface area contributed by atoms with Crippen LogP contribution >= 0.6 is 23.2 Å². The van der Waals surface area contributed by atoms with E-state index in [1.54, 1.807) is 0 Å². The molecule has 0 saturated heterocycles. The number of halogens is 2. The first kappa shape index (κ1) is 12.3. The number of nitrogens with one attached hydrogen (secondary N) is 1. The second kappa shape index (κ2) is 5.98. The highest BCUT2D eigenvalue weighted by atomic mass is 35.5. The summed E-state index contributed by atoms with van der Waals surface area (Å²) in [7, 11) is 0. The second-order valence-corrected chi connectivity index (χ2v) is 4.08. The lowest BCUT2D eigenvalue weighted by atomic mass is 10.2. The molecule has 0 aromatic carbocycles. The van der Waals surface area contributed by atoms with Crippen molar-refractivity contribution in [3.05, 3.63) is 17.5 Å². The summed E-state index contributed by atoms with van der Waals surface area (Å²) in [6, 6.07) is 0. The second-order valence-electron chi connectivity index (χ2n) is 2.99. The van der Waals surface area contributed by atoms with Gasteiger partial charge in [0.15, 0.2) is 0 Å². The lowest BCUT2D eigenvalue weighted by Gasteiger charge is -2.04. The average Bonchev–Trinajstić information content (AvgIpc) is 2.66. The summed E-state index contributed by atoms with van der Waals surface area (Å²) < 4.78 is 5.00. The zero-order chi connectivity index (χ0) is 11.3. The Kier molecular flexibility index (Phi) is 4.91. The Bertz CT molecular complexity index is 326. The zero-order valence-corrected chi connectivity index (χ0v) is 9.81. The van der Waals surface area contributed by atoms with Crippen molar-refractivity contribution in [3.8, 4) is 0 Å². The Morgan fingerprint density at radius 2 is 2.40 bits per heavy atom. The van der Waals surface area contributed by atoms with Crippen LogP contribution in [-0.4, -0.2) is 22.8 Å². The van der Waals surface area contributed by atoms with E-state index < -0.39 is 10.8 Å². The van der Waals surface area contributed by atoms with Gasteiger partial charge in [0.2, 0.25) is 0 Å². The summed E-state index contributed by atoms with van der Waals surface area (Å²) >= 11 is 11.3. The van der Waals surface area contributed by atoms with E-state index in [9.17, 15) is 4.79 Å². The largest absolute Gasteiger partial charge is 0.462 e. The van der Waals surface area contributed by atoms with E-state index in [1.807, 2.05) is 6.92 Å². The third-order valence-electron chi connectivity index (χ3n) is 1.84. The summed E-state index contributed by atoms with van der Waals surface area (Å²) in [4.78, 5) is 10.7. The van der Waals surface area contributed by atoms with Crippen LogP contribution in [0.2, 0.25) is 0 Å². The minimum absolute atomic E-state index is 0.293. The van der Waals surface area contributed by atoms with Gasteiger partial charge in [0.1, 0.15) is 10.4 Å². The molecule has 0 aliphatic heterocycles. The molecule has 0 radical (unpaired) electrons. The van der Waals surface area contributed by atoms with Crippen LogP contribution in [0.1, 0.15) is 40.7 Å². The number of ether oxygens (including phenoxy) is 1. The molecular weight excluding hydrogens is 239 g/mol. The summed E-state index contributed by atoms with van der Waals surface area (Å²) in [5, 5.41) is 6.26. The van der Waals surface area contributed by atoms with Crippen molar-refractivity contribution >= 4 is 29.2 Å². The number of hydrogen-bond acceptors (Lipinski definition) is 3. The zero-order valence-electron chi connectivity index (χ0n) is 8.30. The molecular formula is C9H12Cl2N2O2. The summed E-state index contributed by atoms with van der Waals surface area (Å²) in [5.41, 5.74) is 0.668. The molecule has 0 unspecified atom stereocenters. The highest BCUT2D eigenvalue weighted by molar-refractivity contribution is 6.44. The first-order valence-corrected chi connectivity index (χ1v) is 5.52. The van der Waals surface area contributed by atoms with Gasteiger partial charge in [0.25, 0.3) is 0 Å². The first-order valence-electron chi connectivity index (χ1n) is 4.65. The minimum Gasteiger partial charge on any atom is -0.462 e. The highest BCUT2D eigenvalue weighted by Crippen LogP contribution is 2.25. The Balaban J connectivity index is 2.61. The SMILES string of the molecule is CCCCOC(=O)c1cn[nH]c1C(Cl)Cl. The van der Waals surface area contributed by atoms with Crippen molar-refractivity contribution in [2.45, 2.75) is 24.6 Å². The van der Waals surface area contributed by atoms with Crippen LogP contribution < -0.4 is 0 Å². The number of H-pyrrole nitrogens is 1. The van der Waals surface area contributed by atoms with E-state index in [0.29, 0.717) is 17.9 Å². The van der Waals surface area contributed by atoms with Gasteiger partial charge in [-0.3, -0.25) is 5.10 Å². The van der Waals surface area contributed by atoms with Crippen LogP contribution in [0.25, 0.3) is 0 Å². The molecule has 0 aliphatic rings. The number of rotatable bonds is 5. The van der Waals surface area contributed by atoms with Gasteiger partial charge in [-0.25, -0.2) is 4.79 Å². The van der Waals surface area contributed by atoms with Gasteiger partial charge in [-0.05, 0) is 6.42 Å². The standard InChI is InChI=1S/C9H12Cl2N2O2/c1-2-3-4-15-9(14)6-5-12-13-7(6)8(10)11/h5,8H,2-4H2,1H3,(H,12,13). The normalized spacial score (nSPS) is 10.7. The number of nitrogens with zero attached hydrogens (tertiary/aromatic N) is 1. The predicted molar refractivity (Wildman–Crippen MR) is 58.2 cm³/mol. The van der Waals surface area contributed by atoms with Gasteiger partial charge in [0.05, 0.1) is 18.5 Å². The predicted octanol–water partition coefficient (Wildman–Crippen LogP) is 2.84. The fraction of sp³-hybridized carbons (Fsp3) is 0.556. The number of carbonyl (C=O) groups is 1. The molecule has 0 atom stereocenters. The smallest absolute Gasteiger partial charge is 0.341 e. The fourth-order valence-corrected chi connectivity index (χ4v) is 1.34. The molecule has 0 spiro atoms. The molecule has 0 bridgehead atoms. The number of carbonyl (C=O) groups excluding carboxylic acids is 1. The number of alkyl halides is 2. The monoisotopic (exact) mass is 250 g/mol. The van der Waals surface area contributed by atoms with Crippen LogP contribution in [0.15, 0.2) is 6.20 Å². The van der Waals surface area contributed by atoms with Gasteiger partial charge in [-0.2, -0.15) is 5.10 Å². The van der Waals surface area contributed by atoms with Gasteiger partial charge >= 0.3 is 5.97 Å². The maximum absolute atomic E-state index is 11.5. The van der Waals surface area contributed by atoms with Crippen molar-refractivity contribution in [1.29, 1.82) is 0 Å². The maximum atomic E-state index is 11.5. The third kappa shape index (κ3) is 3.39.